The molecule has 124 valence electrons. The minimum atomic E-state index is 0.526. The van der Waals surface area contributed by atoms with Crippen molar-refractivity contribution in [2.75, 3.05) is 25.1 Å². The minimum Gasteiger partial charge on any atom is -0.493 e. The van der Waals surface area contributed by atoms with Crippen LogP contribution in [-0.2, 0) is 0 Å². The third-order valence-electron chi connectivity index (χ3n) is 3.45. The first-order valence-electron chi connectivity index (χ1n) is 8.21. The molecule has 1 N–H and O–H groups in total. The van der Waals surface area contributed by atoms with Crippen LogP contribution in [0.3, 0.4) is 0 Å². The van der Waals surface area contributed by atoms with E-state index in [1.165, 1.54) is 11.1 Å². The van der Waals surface area contributed by atoms with E-state index in [9.17, 15) is 0 Å². The van der Waals surface area contributed by atoms with Gasteiger partial charge in [-0.15, -0.1) is 0 Å². The Hall–Kier alpha value is -2.16. The summed E-state index contributed by atoms with van der Waals surface area (Å²) in [7, 11) is 0. The molecule has 0 aromatic heterocycles. The van der Waals surface area contributed by atoms with E-state index in [0.29, 0.717) is 12.5 Å². The van der Waals surface area contributed by atoms with E-state index in [0.717, 1.165) is 30.3 Å². The van der Waals surface area contributed by atoms with Crippen molar-refractivity contribution in [3.63, 3.8) is 0 Å². The zero-order valence-electron chi connectivity index (χ0n) is 14.6. The minimum absolute atomic E-state index is 0.526. The summed E-state index contributed by atoms with van der Waals surface area (Å²) in [5.41, 5.74) is 3.43. The molecule has 2 rings (SSSR count). The second-order valence-corrected chi connectivity index (χ2v) is 6.28. The van der Waals surface area contributed by atoms with Gasteiger partial charge in [0, 0.05) is 18.3 Å². The Balaban J connectivity index is 1.80. The number of nitrogens with one attached hydrogen (secondary N) is 1. The van der Waals surface area contributed by atoms with Crippen molar-refractivity contribution >= 4 is 5.69 Å². The topological polar surface area (TPSA) is 30.5 Å². The highest BCUT2D eigenvalue weighted by molar-refractivity contribution is 5.48. The summed E-state index contributed by atoms with van der Waals surface area (Å²) in [5, 5.41) is 3.37. The third-order valence-corrected chi connectivity index (χ3v) is 3.45. The van der Waals surface area contributed by atoms with E-state index in [4.69, 9.17) is 9.47 Å². The fraction of sp³-hybridized carbons (Fsp3) is 0.400. The van der Waals surface area contributed by atoms with Crippen LogP contribution >= 0.6 is 0 Å². The quantitative estimate of drug-likeness (QED) is 0.708. The van der Waals surface area contributed by atoms with Gasteiger partial charge in [0.2, 0.25) is 0 Å². The van der Waals surface area contributed by atoms with Crippen molar-refractivity contribution in [1.82, 2.24) is 0 Å². The molecule has 2 aromatic carbocycles. The Morgan fingerprint density at radius 1 is 1.00 bits per heavy atom. The molecule has 0 unspecified atom stereocenters. The maximum atomic E-state index is 5.85. The van der Waals surface area contributed by atoms with Crippen LogP contribution in [0.1, 0.15) is 25.0 Å². The molecule has 23 heavy (non-hydrogen) atoms. The first-order valence-corrected chi connectivity index (χ1v) is 8.21. The van der Waals surface area contributed by atoms with E-state index < -0.39 is 0 Å². The van der Waals surface area contributed by atoms with Crippen molar-refractivity contribution < 1.29 is 9.47 Å². The summed E-state index contributed by atoms with van der Waals surface area (Å²) in [4.78, 5) is 0. The van der Waals surface area contributed by atoms with Gasteiger partial charge in [-0.3, -0.25) is 0 Å². The van der Waals surface area contributed by atoms with Crippen LogP contribution in [0.2, 0.25) is 0 Å². The van der Waals surface area contributed by atoms with E-state index in [-0.39, 0.29) is 0 Å². The van der Waals surface area contributed by atoms with Crippen molar-refractivity contribution in [2.45, 2.75) is 27.7 Å². The number of hydrogen-bond donors (Lipinski definition) is 1. The molecule has 0 amide bonds. The molecule has 0 aliphatic rings. The number of anilines is 1. The fourth-order valence-electron chi connectivity index (χ4n) is 2.18. The van der Waals surface area contributed by atoms with Crippen molar-refractivity contribution in [2.24, 2.45) is 5.92 Å². The Bertz CT molecular complexity index is 623. The van der Waals surface area contributed by atoms with Crippen LogP contribution in [0, 0.1) is 19.8 Å². The lowest BCUT2D eigenvalue weighted by Crippen LogP contribution is -2.12. The molecule has 0 fully saturated rings. The Labute approximate surface area is 139 Å². The van der Waals surface area contributed by atoms with E-state index >= 15 is 0 Å². The number of ether oxygens (including phenoxy) is 2. The highest BCUT2D eigenvalue weighted by Crippen LogP contribution is 2.20. The molecule has 0 saturated heterocycles. The Morgan fingerprint density at radius 2 is 1.83 bits per heavy atom. The predicted octanol–water partition coefficient (Wildman–Crippen LogP) is 4.83. The zero-order valence-corrected chi connectivity index (χ0v) is 14.6. The second kappa shape index (κ2) is 8.47. The number of hydrogen-bond acceptors (Lipinski definition) is 3. The molecule has 0 heterocycles. The number of benzene rings is 2. The van der Waals surface area contributed by atoms with Crippen LogP contribution in [-0.4, -0.2) is 19.8 Å². The highest BCUT2D eigenvalue weighted by atomic mass is 16.5. The van der Waals surface area contributed by atoms with Gasteiger partial charge in [-0.05, 0) is 49.1 Å². The fourth-order valence-corrected chi connectivity index (χ4v) is 2.18. The lowest BCUT2D eigenvalue weighted by molar-refractivity contribution is 0.271. The maximum Gasteiger partial charge on any atom is 0.122 e. The van der Waals surface area contributed by atoms with E-state index in [1.807, 2.05) is 24.3 Å². The highest BCUT2D eigenvalue weighted by Gasteiger charge is 2.01. The summed E-state index contributed by atoms with van der Waals surface area (Å²) in [6, 6.07) is 14.3. The van der Waals surface area contributed by atoms with Gasteiger partial charge < -0.3 is 14.8 Å². The van der Waals surface area contributed by atoms with Crippen LogP contribution in [0.15, 0.2) is 42.5 Å². The maximum absolute atomic E-state index is 5.85. The van der Waals surface area contributed by atoms with Gasteiger partial charge >= 0.3 is 0 Å². The van der Waals surface area contributed by atoms with Crippen LogP contribution in [0.5, 0.6) is 11.5 Å². The third kappa shape index (κ3) is 5.85. The standard InChI is InChI=1S/C20H27NO2/c1-15(2)14-23-19-7-5-6-18(13-19)21-10-11-22-20-12-16(3)8-9-17(20)4/h5-9,12-13,15,21H,10-11,14H2,1-4H3. The molecule has 0 spiro atoms. The van der Waals surface area contributed by atoms with Crippen LogP contribution < -0.4 is 14.8 Å². The van der Waals surface area contributed by atoms with Gasteiger partial charge in [-0.25, -0.2) is 0 Å². The first-order chi connectivity index (χ1) is 11.0. The van der Waals surface area contributed by atoms with Crippen molar-refractivity contribution in [3.8, 4) is 11.5 Å². The smallest absolute Gasteiger partial charge is 0.122 e. The Kier molecular flexibility index (Phi) is 6.33. The van der Waals surface area contributed by atoms with Gasteiger partial charge in [0.1, 0.15) is 18.1 Å². The van der Waals surface area contributed by atoms with Gasteiger partial charge in [0.05, 0.1) is 6.61 Å². The second-order valence-electron chi connectivity index (χ2n) is 6.28. The average Bonchev–Trinajstić information content (AvgIpc) is 2.53. The normalized spacial score (nSPS) is 10.7. The molecule has 0 aliphatic carbocycles. The zero-order chi connectivity index (χ0) is 16.7. The predicted molar refractivity (Wildman–Crippen MR) is 96.7 cm³/mol. The van der Waals surface area contributed by atoms with Gasteiger partial charge in [-0.1, -0.05) is 32.0 Å². The summed E-state index contributed by atoms with van der Waals surface area (Å²) < 4.78 is 11.6. The molecule has 0 atom stereocenters. The van der Waals surface area contributed by atoms with Crippen LogP contribution in [0.25, 0.3) is 0 Å². The summed E-state index contributed by atoms with van der Waals surface area (Å²) in [5.74, 6) is 2.39. The van der Waals surface area contributed by atoms with Crippen molar-refractivity contribution in [1.29, 1.82) is 0 Å². The van der Waals surface area contributed by atoms with Crippen molar-refractivity contribution in [3.05, 3.63) is 53.6 Å². The molecule has 0 aliphatic heterocycles. The molecule has 0 bridgehead atoms. The molecule has 3 nitrogen and oxygen atoms in total. The number of rotatable bonds is 8. The summed E-state index contributed by atoms with van der Waals surface area (Å²) in [6.45, 7) is 10.5. The van der Waals surface area contributed by atoms with E-state index in [2.05, 4.69) is 51.2 Å². The lowest BCUT2D eigenvalue weighted by atomic mass is 10.1. The molecular formula is C20H27NO2. The molecule has 0 saturated carbocycles. The first kappa shape index (κ1) is 17.2. The monoisotopic (exact) mass is 313 g/mol. The summed E-state index contributed by atoms with van der Waals surface area (Å²) >= 11 is 0. The van der Waals surface area contributed by atoms with Gasteiger partial charge in [0.25, 0.3) is 0 Å². The Morgan fingerprint density at radius 3 is 2.61 bits per heavy atom. The molecule has 2 aromatic rings. The lowest BCUT2D eigenvalue weighted by Gasteiger charge is -2.13. The van der Waals surface area contributed by atoms with Crippen LogP contribution in [0.4, 0.5) is 5.69 Å². The van der Waals surface area contributed by atoms with Gasteiger partial charge in [-0.2, -0.15) is 0 Å². The summed E-state index contributed by atoms with van der Waals surface area (Å²) in [6.07, 6.45) is 0. The molecular weight excluding hydrogens is 286 g/mol. The number of aryl methyl sites for hydroxylation is 2. The molecule has 0 radical (unpaired) electrons. The largest absolute Gasteiger partial charge is 0.493 e. The van der Waals surface area contributed by atoms with Gasteiger partial charge in [0.15, 0.2) is 0 Å². The average molecular weight is 313 g/mol. The molecule has 3 heteroatoms. The SMILES string of the molecule is Cc1ccc(C)c(OCCNc2cccc(OCC(C)C)c2)c1. The van der Waals surface area contributed by atoms with E-state index in [1.54, 1.807) is 0 Å².